The highest BCUT2D eigenvalue weighted by atomic mass is 35.5. The van der Waals surface area contributed by atoms with Crippen LogP contribution in [0.5, 0.6) is 0 Å². The molecule has 108 valence electrons. The molecule has 21 heavy (non-hydrogen) atoms. The number of carboxylic acids is 1. The molecule has 0 aliphatic rings. The number of nitrogens with zero attached hydrogens (tertiary/aromatic N) is 3. The average molecular weight is 304 g/mol. The predicted molar refractivity (Wildman–Crippen MR) is 81.0 cm³/mol. The van der Waals surface area contributed by atoms with Crippen LogP contribution < -0.4 is 0 Å². The van der Waals surface area contributed by atoms with Crippen molar-refractivity contribution in [3.63, 3.8) is 0 Å². The molecule has 2 heterocycles. The molecule has 0 aliphatic carbocycles. The van der Waals surface area contributed by atoms with Crippen LogP contribution in [-0.4, -0.2) is 25.4 Å². The zero-order valence-corrected chi connectivity index (χ0v) is 12.4. The first-order chi connectivity index (χ1) is 9.97. The number of aryl methyl sites for hydroxylation is 2. The van der Waals surface area contributed by atoms with E-state index in [0.717, 1.165) is 22.2 Å². The van der Waals surface area contributed by atoms with Crippen LogP contribution in [0.15, 0.2) is 30.5 Å². The van der Waals surface area contributed by atoms with Gasteiger partial charge in [0.2, 0.25) is 0 Å². The van der Waals surface area contributed by atoms with Crippen molar-refractivity contribution in [3.8, 4) is 0 Å². The Labute approximate surface area is 126 Å². The molecule has 0 unspecified atom stereocenters. The summed E-state index contributed by atoms with van der Waals surface area (Å²) in [4.78, 5) is 11.1. The van der Waals surface area contributed by atoms with E-state index in [9.17, 15) is 4.79 Å². The van der Waals surface area contributed by atoms with E-state index in [-0.39, 0.29) is 5.56 Å². The monoisotopic (exact) mass is 303 g/mol. The Balaban J connectivity index is 2.08. The maximum atomic E-state index is 11.1. The first-order valence-electron chi connectivity index (χ1n) is 6.47. The van der Waals surface area contributed by atoms with Crippen LogP contribution in [0.1, 0.15) is 21.6 Å². The Morgan fingerprint density at radius 3 is 2.76 bits per heavy atom. The Kier molecular flexibility index (Phi) is 3.22. The van der Waals surface area contributed by atoms with Crippen molar-refractivity contribution in [3.05, 3.63) is 52.4 Å². The number of aromatic carboxylic acids is 1. The van der Waals surface area contributed by atoms with E-state index in [1.165, 1.54) is 0 Å². The third-order valence-corrected chi connectivity index (χ3v) is 4.09. The fourth-order valence-electron chi connectivity index (χ4n) is 2.48. The molecule has 3 aromatic rings. The molecular weight excluding hydrogens is 290 g/mol. The van der Waals surface area contributed by atoms with E-state index in [4.69, 9.17) is 16.7 Å². The van der Waals surface area contributed by atoms with Gasteiger partial charge in [0, 0.05) is 24.3 Å². The van der Waals surface area contributed by atoms with Gasteiger partial charge in [-0.15, -0.1) is 0 Å². The molecule has 0 aliphatic heterocycles. The van der Waals surface area contributed by atoms with E-state index in [0.29, 0.717) is 11.7 Å². The van der Waals surface area contributed by atoms with Gasteiger partial charge < -0.3 is 9.67 Å². The van der Waals surface area contributed by atoms with Gasteiger partial charge in [-0.2, -0.15) is 5.10 Å². The summed E-state index contributed by atoms with van der Waals surface area (Å²) in [6.45, 7) is 2.47. The van der Waals surface area contributed by atoms with Gasteiger partial charge in [0.05, 0.1) is 17.8 Å². The standard InChI is InChI=1S/C15H14ClN3O2/c1-9-12(14(16)18(2)17-9)8-19-6-5-10-3-4-11(15(20)21)7-13(10)19/h3-7H,8H2,1-2H3,(H,20,21). The lowest BCUT2D eigenvalue weighted by molar-refractivity contribution is 0.0697. The molecule has 1 aromatic carbocycles. The summed E-state index contributed by atoms with van der Waals surface area (Å²) < 4.78 is 3.62. The number of hydrogen-bond acceptors (Lipinski definition) is 2. The molecule has 0 bridgehead atoms. The fourth-order valence-corrected chi connectivity index (χ4v) is 2.71. The quantitative estimate of drug-likeness (QED) is 0.809. The smallest absolute Gasteiger partial charge is 0.335 e. The second-order valence-corrected chi connectivity index (χ2v) is 5.36. The van der Waals surface area contributed by atoms with Crippen molar-refractivity contribution >= 4 is 28.5 Å². The summed E-state index contributed by atoms with van der Waals surface area (Å²) >= 11 is 6.26. The van der Waals surface area contributed by atoms with E-state index >= 15 is 0 Å². The van der Waals surface area contributed by atoms with E-state index in [1.807, 2.05) is 29.8 Å². The lowest BCUT2D eigenvalue weighted by Gasteiger charge is -2.06. The summed E-state index contributed by atoms with van der Waals surface area (Å²) in [6, 6.07) is 7.06. The van der Waals surface area contributed by atoms with Crippen LogP contribution in [0.2, 0.25) is 5.15 Å². The number of rotatable bonds is 3. The van der Waals surface area contributed by atoms with E-state index in [1.54, 1.807) is 23.9 Å². The molecule has 3 rings (SSSR count). The van der Waals surface area contributed by atoms with Crippen molar-refractivity contribution in [2.75, 3.05) is 0 Å². The zero-order valence-electron chi connectivity index (χ0n) is 11.7. The summed E-state index contributed by atoms with van der Waals surface area (Å²) in [5, 5.41) is 15.0. The predicted octanol–water partition coefficient (Wildman–Crippen LogP) is 3.08. The number of fused-ring (bicyclic) bond motifs is 1. The third-order valence-electron chi connectivity index (χ3n) is 3.62. The molecule has 0 saturated heterocycles. The minimum Gasteiger partial charge on any atom is -0.478 e. The van der Waals surface area contributed by atoms with Crippen molar-refractivity contribution in [1.82, 2.24) is 14.3 Å². The van der Waals surface area contributed by atoms with Gasteiger partial charge in [-0.3, -0.25) is 4.68 Å². The zero-order chi connectivity index (χ0) is 15.1. The van der Waals surface area contributed by atoms with E-state index in [2.05, 4.69) is 5.10 Å². The lowest BCUT2D eigenvalue weighted by Crippen LogP contribution is -2.01. The summed E-state index contributed by atoms with van der Waals surface area (Å²) in [5.74, 6) is -0.930. The fraction of sp³-hybridized carbons (Fsp3) is 0.200. The van der Waals surface area contributed by atoms with Gasteiger partial charge in [0.15, 0.2) is 0 Å². The largest absolute Gasteiger partial charge is 0.478 e. The number of benzene rings is 1. The molecule has 0 amide bonds. The molecule has 5 nitrogen and oxygen atoms in total. The van der Waals surface area contributed by atoms with Crippen LogP contribution in [0, 0.1) is 6.92 Å². The van der Waals surface area contributed by atoms with Gasteiger partial charge in [0.1, 0.15) is 5.15 Å². The Morgan fingerprint density at radius 2 is 2.14 bits per heavy atom. The van der Waals surface area contributed by atoms with Gasteiger partial charge in [0.25, 0.3) is 0 Å². The van der Waals surface area contributed by atoms with Crippen LogP contribution in [0.25, 0.3) is 10.9 Å². The second kappa shape index (κ2) is 4.93. The number of halogens is 1. The second-order valence-electron chi connectivity index (χ2n) is 5.00. The first kappa shape index (κ1) is 13.7. The number of carbonyl (C=O) groups is 1. The number of hydrogen-bond donors (Lipinski definition) is 1. The van der Waals surface area contributed by atoms with Gasteiger partial charge in [-0.25, -0.2) is 4.79 Å². The Morgan fingerprint density at radius 1 is 1.38 bits per heavy atom. The molecule has 2 aromatic heterocycles. The minimum absolute atomic E-state index is 0.274. The molecule has 0 atom stereocenters. The topological polar surface area (TPSA) is 60.0 Å². The highest BCUT2D eigenvalue weighted by molar-refractivity contribution is 6.30. The number of aromatic nitrogens is 3. The Bertz CT molecular complexity index is 848. The normalized spacial score (nSPS) is 11.2. The van der Waals surface area contributed by atoms with Crippen LogP contribution in [-0.2, 0) is 13.6 Å². The van der Waals surface area contributed by atoms with Crippen LogP contribution in [0.4, 0.5) is 0 Å². The summed E-state index contributed by atoms with van der Waals surface area (Å²) in [6.07, 6.45) is 1.93. The molecule has 0 saturated carbocycles. The maximum absolute atomic E-state index is 11.1. The highest BCUT2D eigenvalue weighted by Gasteiger charge is 2.13. The molecule has 6 heteroatoms. The average Bonchev–Trinajstić information content (AvgIpc) is 2.95. The van der Waals surface area contributed by atoms with Crippen LogP contribution in [0.3, 0.4) is 0 Å². The van der Waals surface area contributed by atoms with Gasteiger partial charge in [-0.05, 0) is 30.5 Å². The minimum atomic E-state index is -0.930. The Hall–Kier alpha value is -2.27. The summed E-state index contributed by atoms with van der Waals surface area (Å²) in [7, 11) is 1.80. The molecule has 0 spiro atoms. The third kappa shape index (κ3) is 2.29. The van der Waals surface area contributed by atoms with Gasteiger partial charge in [-0.1, -0.05) is 17.7 Å². The maximum Gasteiger partial charge on any atom is 0.335 e. The SMILES string of the molecule is Cc1nn(C)c(Cl)c1Cn1ccc2ccc(C(=O)O)cc21. The van der Waals surface area contributed by atoms with Gasteiger partial charge >= 0.3 is 5.97 Å². The highest BCUT2D eigenvalue weighted by Crippen LogP contribution is 2.23. The lowest BCUT2D eigenvalue weighted by atomic mass is 10.1. The molecule has 0 radical (unpaired) electrons. The molecule has 0 fully saturated rings. The van der Waals surface area contributed by atoms with Crippen molar-refractivity contribution in [2.24, 2.45) is 7.05 Å². The van der Waals surface area contributed by atoms with Crippen molar-refractivity contribution < 1.29 is 9.90 Å². The molecular formula is C15H14ClN3O2. The van der Waals surface area contributed by atoms with Crippen molar-refractivity contribution in [1.29, 1.82) is 0 Å². The first-order valence-corrected chi connectivity index (χ1v) is 6.85. The molecule has 1 N–H and O–H groups in total. The summed E-state index contributed by atoms with van der Waals surface area (Å²) in [5.41, 5.74) is 2.96. The van der Waals surface area contributed by atoms with Crippen LogP contribution >= 0.6 is 11.6 Å². The van der Waals surface area contributed by atoms with Crippen molar-refractivity contribution in [2.45, 2.75) is 13.5 Å². The number of carboxylic acid groups (broad SMARTS) is 1. The van der Waals surface area contributed by atoms with E-state index < -0.39 is 5.97 Å².